The van der Waals surface area contributed by atoms with Gasteiger partial charge in [0.25, 0.3) is 0 Å². The maximum absolute atomic E-state index is 5.88. The lowest BCUT2D eigenvalue weighted by Gasteiger charge is -2.33. The van der Waals surface area contributed by atoms with E-state index in [4.69, 9.17) is 9.15 Å². The third kappa shape index (κ3) is 3.20. The largest absolute Gasteiger partial charge is 0.419 e. The summed E-state index contributed by atoms with van der Waals surface area (Å²) < 4.78 is 11.3. The Labute approximate surface area is 131 Å². The number of rotatable bonds is 4. The molecule has 1 aromatic heterocycles. The predicted octanol–water partition coefficient (Wildman–Crippen LogP) is 3.22. The number of ether oxygens (including phenoxy) is 1. The molecule has 0 spiro atoms. The second-order valence-corrected chi connectivity index (χ2v) is 5.96. The van der Waals surface area contributed by atoms with Crippen molar-refractivity contribution in [2.45, 2.75) is 38.8 Å². The molecule has 22 heavy (non-hydrogen) atoms. The Morgan fingerprint density at radius 2 is 1.86 bits per heavy atom. The number of aromatic nitrogens is 2. The molecule has 0 radical (unpaired) electrons. The van der Waals surface area contributed by atoms with Gasteiger partial charge in [-0.3, -0.25) is 4.90 Å². The highest BCUT2D eigenvalue weighted by Crippen LogP contribution is 2.26. The first-order valence-corrected chi connectivity index (χ1v) is 7.84. The second-order valence-electron chi connectivity index (χ2n) is 5.96. The minimum Gasteiger partial charge on any atom is -0.419 e. The molecule has 2 heterocycles. The average molecular weight is 301 g/mol. The number of hydrogen-bond acceptors (Lipinski definition) is 5. The Bertz CT molecular complexity index is 601. The molecule has 0 N–H and O–H groups in total. The van der Waals surface area contributed by atoms with Gasteiger partial charge < -0.3 is 9.15 Å². The van der Waals surface area contributed by atoms with Gasteiger partial charge in [0.2, 0.25) is 11.8 Å². The van der Waals surface area contributed by atoms with Gasteiger partial charge in [-0.1, -0.05) is 17.7 Å². The minimum atomic E-state index is 0.143. The van der Waals surface area contributed by atoms with Crippen LogP contribution in [0, 0.1) is 6.92 Å². The van der Waals surface area contributed by atoms with E-state index in [9.17, 15) is 0 Å². The van der Waals surface area contributed by atoms with Crippen LogP contribution in [-0.2, 0) is 4.74 Å². The molecule has 3 rings (SSSR count). The molecule has 2 aromatic rings. The van der Waals surface area contributed by atoms with Crippen LogP contribution in [0.1, 0.15) is 37.3 Å². The van der Waals surface area contributed by atoms with Crippen molar-refractivity contribution < 1.29 is 9.15 Å². The van der Waals surface area contributed by atoms with Crippen LogP contribution in [0.3, 0.4) is 0 Å². The van der Waals surface area contributed by atoms with E-state index in [1.165, 1.54) is 5.56 Å². The fraction of sp³-hybridized carbons (Fsp3) is 0.529. The number of hydrogen-bond donors (Lipinski definition) is 0. The number of aryl methyl sites for hydroxylation is 1. The van der Waals surface area contributed by atoms with E-state index in [1.807, 2.05) is 12.1 Å². The molecule has 1 aliphatic rings. The van der Waals surface area contributed by atoms with Crippen molar-refractivity contribution in [3.8, 4) is 11.5 Å². The standard InChI is InChI=1S/C17H23N3O2/c1-12-4-6-14(7-5-12)17-19-18-16(22-17)13(2)20-10-8-15(21-3)9-11-20/h4-7,13,15H,8-11H2,1-3H3. The van der Waals surface area contributed by atoms with Gasteiger partial charge in [0.15, 0.2) is 0 Å². The molecule has 118 valence electrons. The van der Waals surface area contributed by atoms with Crippen molar-refractivity contribution in [1.82, 2.24) is 15.1 Å². The zero-order chi connectivity index (χ0) is 15.5. The molecule has 1 unspecified atom stereocenters. The van der Waals surface area contributed by atoms with Gasteiger partial charge in [0.1, 0.15) is 0 Å². The van der Waals surface area contributed by atoms with Crippen LogP contribution in [0.2, 0.25) is 0 Å². The van der Waals surface area contributed by atoms with Crippen molar-refractivity contribution in [1.29, 1.82) is 0 Å². The van der Waals surface area contributed by atoms with Crippen molar-refractivity contribution >= 4 is 0 Å². The summed E-state index contributed by atoms with van der Waals surface area (Å²) in [5, 5.41) is 8.43. The van der Waals surface area contributed by atoms with Crippen LogP contribution in [0.15, 0.2) is 28.7 Å². The molecule has 1 saturated heterocycles. The summed E-state index contributed by atoms with van der Waals surface area (Å²) >= 11 is 0. The van der Waals surface area contributed by atoms with E-state index in [-0.39, 0.29) is 6.04 Å². The lowest BCUT2D eigenvalue weighted by Crippen LogP contribution is -2.38. The summed E-state index contributed by atoms with van der Waals surface area (Å²) in [6.45, 7) is 6.19. The van der Waals surface area contributed by atoms with E-state index in [2.05, 4.69) is 41.1 Å². The lowest BCUT2D eigenvalue weighted by atomic mass is 10.1. The lowest BCUT2D eigenvalue weighted by molar-refractivity contribution is 0.0256. The maximum atomic E-state index is 5.88. The maximum Gasteiger partial charge on any atom is 0.247 e. The first-order valence-electron chi connectivity index (χ1n) is 7.84. The van der Waals surface area contributed by atoms with E-state index in [0.717, 1.165) is 31.5 Å². The topological polar surface area (TPSA) is 51.4 Å². The second kappa shape index (κ2) is 6.58. The summed E-state index contributed by atoms with van der Waals surface area (Å²) in [5.74, 6) is 1.28. The van der Waals surface area contributed by atoms with Crippen LogP contribution >= 0.6 is 0 Å². The number of methoxy groups -OCH3 is 1. The molecule has 0 amide bonds. The van der Waals surface area contributed by atoms with Crippen LogP contribution in [0.4, 0.5) is 0 Å². The van der Waals surface area contributed by atoms with Crippen LogP contribution in [-0.4, -0.2) is 41.4 Å². The zero-order valence-corrected chi connectivity index (χ0v) is 13.5. The summed E-state index contributed by atoms with van der Waals surface area (Å²) in [4.78, 5) is 2.38. The van der Waals surface area contributed by atoms with Gasteiger partial charge >= 0.3 is 0 Å². The molecule has 1 fully saturated rings. The molecular formula is C17H23N3O2. The van der Waals surface area contributed by atoms with Gasteiger partial charge in [-0.25, -0.2) is 0 Å². The highest BCUT2D eigenvalue weighted by molar-refractivity contribution is 5.52. The van der Waals surface area contributed by atoms with Gasteiger partial charge in [0.05, 0.1) is 12.1 Å². The number of likely N-dealkylation sites (tertiary alicyclic amines) is 1. The highest BCUT2D eigenvalue weighted by Gasteiger charge is 2.26. The van der Waals surface area contributed by atoms with Gasteiger partial charge in [-0.05, 0) is 38.8 Å². The summed E-state index contributed by atoms with van der Waals surface area (Å²) in [5.41, 5.74) is 2.19. The monoisotopic (exact) mass is 301 g/mol. The Morgan fingerprint density at radius 1 is 1.18 bits per heavy atom. The van der Waals surface area contributed by atoms with Gasteiger partial charge in [0, 0.05) is 25.8 Å². The smallest absolute Gasteiger partial charge is 0.247 e. The van der Waals surface area contributed by atoms with Crippen LogP contribution in [0.5, 0.6) is 0 Å². The predicted molar refractivity (Wildman–Crippen MR) is 84.5 cm³/mol. The molecule has 0 bridgehead atoms. The first-order chi connectivity index (χ1) is 10.7. The van der Waals surface area contributed by atoms with Crippen LogP contribution in [0.25, 0.3) is 11.5 Å². The highest BCUT2D eigenvalue weighted by atomic mass is 16.5. The van der Waals surface area contributed by atoms with Gasteiger partial charge in [-0.15, -0.1) is 10.2 Å². The summed E-state index contributed by atoms with van der Waals surface area (Å²) in [6.07, 6.45) is 2.49. The molecule has 1 aromatic carbocycles. The number of nitrogens with zero attached hydrogens (tertiary/aromatic N) is 3. The zero-order valence-electron chi connectivity index (χ0n) is 13.5. The number of benzene rings is 1. The fourth-order valence-corrected chi connectivity index (χ4v) is 2.87. The Kier molecular flexibility index (Phi) is 4.55. The first kappa shape index (κ1) is 15.2. The number of piperidine rings is 1. The van der Waals surface area contributed by atoms with E-state index < -0.39 is 0 Å². The average Bonchev–Trinajstić information content (AvgIpc) is 3.05. The summed E-state index contributed by atoms with van der Waals surface area (Å²) in [7, 11) is 1.79. The minimum absolute atomic E-state index is 0.143. The van der Waals surface area contributed by atoms with Crippen molar-refractivity contribution in [3.63, 3.8) is 0 Å². The molecule has 0 saturated carbocycles. The van der Waals surface area contributed by atoms with Crippen molar-refractivity contribution in [3.05, 3.63) is 35.7 Å². The molecule has 5 nitrogen and oxygen atoms in total. The Hall–Kier alpha value is -1.72. The molecule has 5 heteroatoms. The van der Waals surface area contributed by atoms with E-state index in [0.29, 0.717) is 17.9 Å². The molecular weight excluding hydrogens is 278 g/mol. The van der Waals surface area contributed by atoms with E-state index in [1.54, 1.807) is 7.11 Å². The third-order valence-electron chi connectivity index (χ3n) is 4.45. The molecule has 1 atom stereocenters. The Balaban J connectivity index is 1.69. The van der Waals surface area contributed by atoms with Gasteiger partial charge in [-0.2, -0.15) is 0 Å². The molecule has 1 aliphatic heterocycles. The van der Waals surface area contributed by atoms with E-state index >= 15 is 0 Å². The Morgan fingerprint density at radius 3 is 2.50 bits per heavy atom. The fourth-order valence-electron chi connectivity index (χ4n) is 2.87. The quantitative estimate of drug-likeness (QED) is 0.868. The normalized spacial score (nSPS) is 18.5. The van der Waals surface area contributed by atoms with Crippen molar-refractivity contribution in [2.75, 3.05) is 20.2 Å². The third-order valence-corrected chi connectivity index (χ3v) is 4.45. The van der Waals surface area contributed by atoms with Crippen LogP contribution < -0.4 is 0 Å². The summed E-state index contributed by atoms with van der Waals surface area (Å²) in [6, 6.07) is 8.28. The van der Waals surface area contributed by atoms with Crippen molar-refractivity contribution in [2.24, 2.45) is 0 Å². The SMILES string of the molecule is COC1CCN(C(C)c2nnc(-c3ccc(C)cc3)o2)CC1. The molecule has 0 aliphatic carbocycles.